The summed E-state index contributed by atoms with van der Waals surface area (Å²) in [5, 5.41) is 5.88. The number of amides is 3. The second kappa shape index (κ2) is 9.80. The van der Waals surface area contributed by atoms with Gasteiger partial charge >= 0.3 is 6.03 Å². The number of rotatable bonds is 5. The number of hydrogen-bond donors (Lipinski definition) is 2. The van der Waals surface area contributed by atoms with Crippen LogP contribution in [0.4, 0.5) is 21.9 Å². The SMILES string of the molecule is O=C(Cc1ccccc1)Nc1ccc(N2CCN(C(=O)Nc3ccccc3)CC2)cc1. The molecule has 0 aliphatic carbocycles. The van der Waals surface area contributed by atoms with Crippen LogP contribution >= 0.6 is 0 Å². The van der Waals surface area contributed by atoms with E-state index in [9.17, 15) is 9.59 Å². The topological polar surface area (TPSA) is 64.7 Å². The number of piperazine rings is 1. The van der Waals surface area contributed by atoms with Crippen LogP contribution in [0, 0.1) is 0 Å². The van der Waals surface area contributed by atoms with Crippen molar-refractivity contribution in [3.63, 3.8) is 0 Å². The van der Waals surface area contributed by atoms with Crippen molar-refractivity contribution in [2.24, 2.45) is 0 Å². The van der Waals surface area contributed by atoms with Gasteiger partial charge in [-0.1, -0.05) is 48.5 Å². The van der Waals surface area contributed by atoms with Gasteiger partial charge in [0.05, 0.1) is 6.42 Å². The Morgan fingerprint density at radius 1 is 0.677 bits per heavy atom. The van der Waals surface area contributed by atoms with Crippen molar-refractivity contribution in [2.45, 2.75) is 6.42 Å². The van der Waals surface area contributed by atoms with Crippen LogP contribution in [0.25, 0.3) is 0 Å². The molecule has 0 saturated carbocycles. The van der Waals surface area contributed by atoms with Crippen LogP contribution in [0.1, 0.15) is 5.56 Å². The summed E-state index contributed by atoms with van der Waals surface area (Å²) in [5.41, 5.74) is 3.67. The third kappa shape index (κ3) is 5.63. The Labute approximate surface area is 182 Å². The van der Waals surface area contributed by atoms with E-state index >= 15 is 0 Å². The Morgan fingerprint density at radius 3 is 1.90 bits per heavy atom. The first-order valence-corrected chi connectivity index (χ1v) is 10.5. The molecule has 1 saturated heterocycles. The van der Waals surface area contributed by atoms with E-state index in [1.807, 2.05) is 89.8 Å². The van der Waals surface area contributed by atoms with Gasteiger partial charge < -0.3 is 20.4 Å². The molecule has 158 valence electrons. The number of urea groups is 1. The van der Waals surface area contributed by atoms with E-state index in [4.69, 9.17) is 0 Å². The zero-order valence-electron chi connectivity index (χ0n) is 17.3. The summed E-state index contributed by atoms with van der Waals surface area (Å²) >= 11 is 0. The minimum atomic E-state index is -0.0673. The van der Waals surface area contributed by atoms with Gasteiger partial charge in [0.1, 0.15) is 0 Å². The Bertz CT molecular complexity index is 999. The molecule has 0 radical (unpaired) electrons. The van der Waals surface area contributed by atoms with Crippen LogP contribution in [0.15, 0.2) is 84.9 Å². The van der Waals surface area contributed by atoms with Crippen molar-refractivity contribution in [3.05, 3.63) is 90.5 Å². The predicted octanol–water partition coefficient (Wildman–Crippen LogP) is 4.22. The molecule has 1 heterocycles. The molecule has 3 aromatic carbocycles. The Morgan fingerprint density at radius 2 is 1.26 bits per heavy atom. The quantitative estimate of drug-likeness (QED) is 0.657. The van der Waals surface area contributed by atoms with Gasteiger partial charge in [-0.15, -0.1) is 0 Å². The van der Waals surface area contributed by atoms with Crippen molar-refractivity contribution >= 4 is 29.0 Å². The molecule has 0 bridgehead atoms. The smallest absolute Gasteiger partial charge is 0.321 e. The van der Waals surface area contributed by atoms with E-state index in [2.05, 4.69) is 15.5 Å². The average molecular weight is 415 g/mol. The molecule has 0 atom stereocenters. The molecule has 0 unspecified atom stereocenters. The summed E-state index contributed by atoms with van der Waals surface area (Å²) < 4.78 is 0. The summed E-state index contributed by atoms with van der Waals surface area (Å²) in [6.45, 7) is 2.85. The highest BCUT2D eigenvalue weighted by Gasteiger charge is 2.21. The van der Waals surface area contributed by atoms with Crippen molar-refractivity contribution in [1.82, 2.24) is 4.90 Å². The maximum atomic E-state index is 12.4. The van der Waals surface area contributed by atoms with Crippen molar-refractivity contribution in [3.8, 4) is 0 Å². The van der Waals surface area contributed by atoms with Crippen molar-refractivity contribution < 1.29 is 9.59 Å². The molecule has 6 heteroatoms. The number of hydrogen-bond acceptors (Lipinski definition) is 3. The predicted molar refractivity (Wildman–Crippen MR) is 124 cm³/mol. The Kier molecular flexibility index (Phi) is 6.47. The van der Waals surface area contributed by atoms with Crippen LogP contribution in [-0.2, 0) is 11.2 Å². The molecule has 0 spiro atoms. The van der Waals surface area contributed by atoms with E-state index in [1.165, 1.54) is 0 Å². The fourth-order valence-electron chi connectivity index (χ4n) is 3.63. The molecular formula is C25H26N4O2. The zero-order valence-corrected chi connectivity index (χ0v) is 17.3. The third-order valence-electron chi connectivity index (χ3n) is 5.32. The fraction of sp³-hybridized carbons (Fsp3) is 0.200. The van der Waals surface area contributed by atoms with Crippen LogP contribution < -0.4 is 15.5 Å². The monoisotopic (exact) mass is 414 g/mol. The molecule has 4 rings (SSSR count). The standard InChI is InChI=1S/C25H26N4O2/c30-24(19-20-7-3-1-4-8-20)26-22-11-13-23(14-12-22)28-15-17-29(18-16-28)25(31)27-21-9-5-2-6-10-21/h1-14H,15-19H2,(H,26,30)(H,27,31). The van der Waals surface area contributed by atoms with Crippen LogP contribution in [0.2, 0.25) is 0 Å². The van der Waals surface area contributed by atoms with Gasteiger partial charge in [-0.05, 0) is 42.0 Å². The lowest BCUT2D eigenvalue weighted by Crippen LogP contribution is -2.50. The minimum absolute atomic E-state index is 0.0306. The summed E-state index contributed by atoms with van der Waals surface area (Å²) in [6.07, 6.45) is 0.357. The number of benzene rings is 3. The van der Waals surface area contributed by atoms with Crippen LogP contribution in [0.3, 0.4) is 0 Å². The number of carbonyl (C=O) groups is 2. The third-order valence-corrected chi connectivity index (χ3v) is 5.32. The van der Waals surface area contributed by atoms with Crippen LogP contribution in [0.5, 0.6) is 0 Å². The molecule has 1 fully saturated rings. The minimum Gasteiger partial charge on any atom is -0.368 e. The molecule has 3 amide bonds. The molecule has 31 heavy (non-hydrogen) atoms. The maximum absolute atomic E-state index is 12.4. The molecule has 6 nitrogen and oxygen atoms in total. The van der Waals surface area contributed by atoms with Gasteiger partial charge in [0.25, 0.3) is 0 Å². The van der Waals surface area contributed by atoms with Gasteiger partial charge in [0.2, 0.25) is 5.91 Å². The van der Waals surface area contributed by atoms with Gasteiger partial charge in [-0.2, -0.15) is 0 Å². The Balaban J connectivity index is 1.26. The van der Waals surface area contributed by atoms with E-state index in [1.54, 1.807) is 0 Å². The lowest BCUT2D eigenvalue weighted by molar-refractivity contribution is -0.115. The highest BCUT2D eigenvalue weighted by atomic mass is 16.2. The highest BCUT2D eigenvalue weighted by Crippen LogP contribution is 2.20. The first-order valence-electron chi connectivity index (χ1n) is 10.5. The molecular weight excluding hydrogens is 388 g/mol. The Hall–Kier alpha value is -3.80. The first kappa shape index (κ1) is 20.5. The second-order valence-corrected chi connectivity index (χ2v) is 7.53. The summed E-state index contributed by atoms with van der Waals surface area (Å²) in [5.74, 6) is -0.0306. The molecule has 0 aromatic heterocycles. The zero-order chi connectivity index (χ0) is 21.5. The molecule has 2 N–H and O–H groups in total. The first-order chi connectivity index (χ1) is 15.2. The second-order valence-electron chi connectivity index (χ2n) is 7.53. The molecule has 1 aliphatic heterocycles. The average Bonchev–Trinajstić information content (AvgIpc) is 2.81. The summed E-state index contributed by atoms with van der Waals surface area (Å²) in [4.78, 5) is 28.8. The van der Waals surface area contributed by atoms with Gasteiger partial charge in [0.15, 0.2) is 0 Å². The number of nitrogens with one attached hydrogen (secondary N) is 2. The van der Waals surface area contributed by atoms with E-state index in [0.29, 0.717) is 19.5 Å². The summed E-state index contributed by atoms with van der Waals surface area (Å²) in [7, 11) is 0. The van der Waals surface area contributed by atoms with Crippen molar-refractivity contribution in [1.29, 1.82) is 0 Å². The number of anilines is 3. The summed E-state index contributed by atoms with van der Waals surface area (Å²) in [6, 6.07) is 27.0. The van der Waals surface area contributed by atoms with E-state index < -0.39 is 0 Å². The molecule has 1 aliphatic rings. The largest absolute Gasteiger partial charge is 0.368 e. The fourth-order valence-corrected chi connectivity index (χ4v) is 3.63. The number of para-hydroxylation sites is 1. The normalized spacial score (nSPS) is 13.5. The maximum Gasteiger partial charge on any atom is 0.321 e. The number of carbonyl (C=O) groups excluding carboxylic acids is 2. The molecule has 3 aromatic rings. The van der Waals surface area contributed by atoms with Gasteiger partial charge in [-0.25, -0.2) is 4.79 Å². The number of nitrogens with zero attached hydrogens (tertiary/aromatic N) is 2. The van der Waals surface area contributed by atoms with Gasteiger partial charge in [-0.3, -0.25) is 4.79 Å². The van der Waals surface area contributed by atoms with Gasteiger partial charge in [0, 0.05) is 43.2 Å². The highest BCUT2D eigenvalue weighted by molar-refractivity contribution is 5.92. The lowest BCUT2D eigenvalue weighted by atomic mass is 10.1. The lowest BCUT2D eigenvalue weighted by Gasteiger charge is -2.36. The van der Waals surface area contributed by atoms with E-state index in [-0.39, 0.29) is 11.9 Å². The van der Waals surface area contributed by atoms with Crippen LogP contribution in [-0.4, -0.2) is 43.0 Å². The van der Waals surface area contributed by atoms with E-state index in [0.717, 1.165) is 35.7 Å². The van der Waals surface area contributed by atoms with Crippen molar-refractivity contribution in [2.75, 3.05) is 41.7 Å².